The lowest BCUT2D eigenvalue weighted by Crippen LogP contribution is -2.22. The molecule has 1 amide bonds. The van der Waals surface area contributed by atoms with Crippen molar-refractivity contribution in [2.45, 2.75) is 12.8 Å². The van der Waals surface area contributed by atoms with Gasteiger partial charge < -0.3 is 15.3 Å². The van der Waals surface area contributed by atoms with Crippen LogP contribution in [0.25, 0.3) is 6.08 Å². The lowest BCUT2D eigenvalue weighted by atomic mass is 10.2. The molecule has 0 radical (unpaired) electrons. The zero-order valence-corrected chi connectivity index (χ0v) is 11.8. The molecule has 0 aliphatic rings. The monoisotopic (exact) mass is 276 g/mol. The number of nitrogens with one attached hydrogen (secondary N) is 1. The number of carbonyl (C=O) groups excluding carboxylic acids is 1. The van der Waals surface area contributed by atoms with Crippen LogP contribution in [0.4, 0.5) is 5.69 Å². The van der Waals surface area contributed by atoms with Crippen molar-refractivity contribution in [3.8, 4) is 0 Å². The summed E-state index contributed by atoms with van der Waals surface area (Å²) in [7, 11) is 3.94. The largest absolute Gasteiger partial charge is 0.481 e. The Kier molecular flexibility index (Phi) is 6.29. The molecule has 0 unspecified atom stereocenters. The number of carbonyl (C=O) groups is 2. The smallest absolute Gasteiger partial charge is 0.303 e. The van der Waals surface area contributed by atoms with Gasteiger partial charge in [-0.2, -0.15) is 0 Å². The molecule has 1 aromatic rings. The Morgan fingerprint density at radius 2 is 1.90 bits per heavy atom. The van der Waals surface area contributed by atoms with Crippen LogP contribution >= 0.6 is 0 Å². The second-order valence-corrected chi connectivity index (χ2v) is 4.61. The highest BCUT2D eigenvalue weighted by Crippen LogP contribution is 2.12. The van der Waals surface area contributed by atoms with Crippen LogP contribution in [0.1, 0.15) is 18.4 Å². The second-order valence-electron chi connectivity index (χ2n) is 4.61. The molecule has 1 aromatic carbocycles. The molecule has 5 heteroatoms. The predicted octanol–water partition coefficient (Wildman–Crippen LogP) is 1.75. The quantitative estimate of drug-likeness (QED) is 0.588. The zero-order chi connectivity index (χ0) is 15.0. The first kappa shape index (κ1) is 15.8. The summed E-state index contributed by atoms with van der Waals surface area (Å²) in [6, 6.07) is 7.82. The molecule has 0 aliphatic carbocycles. The molecular formula is C15H20N2O3. The van der Waals surface area contributed by atoms with Gasteiger partial charge in [-0.1, -0.05) is 12.1 Å². The molecule has 2 N–H and O–H groups in total. The van der Waals surface area contributed by atoms with Gasteiger partial charge in [-0.3, -0.25) is 9.59 Å². The molecule has 0 aliphatic heterocycles. The van der Waals surface area contributed by atoms with Crippen LogP contribution < -0.4 is 10.2 Å². The van der Waals surface area contributed by atoms with Gasteiger partial charge in [0, 0.05) is 38.8 Å². The van der Waals surface area contributed by atoms with E-state index in [0.717, 1.165) is 11.3 Å². The van der Waals surface area contributed by atoms with Gasteiger partial charge in [0.05, 0.1) is 0 Å². The second kappa shape index (κ2) is 7.99. The van der Waals surface area contributed by atoms with E-state index in [1.807, 2.05) is 43.3 Å². The fourth-order valence-corrected chi connectivity index (χ4v) is 1.57. The van der Waals surface area contributed by atoms with Gasteiger partial charge >= 0.3 is 5.97 Å². The minimum atomic E-state index is -0.851. The SMILES string of the molecule is CN(C)c1ccc(/C=C/C(=O)NCCCC(=O)O)cc1. The number of rotatable bonds is 7. The molecule has 0 fully saturated rings. The molecule has 0 aromatic heterocycles. The van der Waals surface area contributed by atoms with Gasteiger partial charge in [0.15, 0.2) is 0 Å². The summed E-state index contributed by atoms with van der Waals surface area (Å²) in [6.07, 6.45) is 3.68. The summed E-state index contributed by atoms with van der Waals surface area (Å²) >= 11 is 0. The van der Waals surface area contributed by atoms with Gasteiger partial charge in [-0.25, -0.2) is 0 Å². The Morgan fingerprint density at radius 3 is 2.45 bits per heavy atom. The topological polar surface area (TPSA) is 69.6 Å². The summed E-state index contributed by atoms with van der Waals surface area (Å²) in [4.78, 5) is 23.8. The van der Waals surface area contributed by atoms with Gasteiger partial charge in [0.2, 0.25) is 5.91 Å². The maximum absolute atomic E-state index is 11.5. The number of hydrogen-bond donors (Lipinski definition) is 2. The van der Waals surface area contributed by atoms with Crippen molar-refractivity contribution < 1.29 is 14.7 Å². The van der Waals surface area contributed by atoms with Crippen molar-refractivity contribution in [2.24, 2.45) is 0 Å². The van der Waals surface area contributed by atoms with Crippen molar-refractivity contribution >= 4 is 23.6 Å². The predicted molar refractivity (Wildman–Crippen MR) is 79.7 cm³/mol. The summed E-state index contributed by atoms with van der Waals surface area (Å²) in [6.45, 7) is 0.370. The number of nitrogens with zero attached hydrogens (tertiary/aromatic N) is 1. The number of amides is 1. The minimum absolute atomic E-state index is 0.0655. The van der Waals surface area contributed by atoms with Crippen LogP contribution in [0.3, 0.4) is 0 Å². The third-order valence-corrected chi connectivity index (χ3v) is 2.70. The molecule has 0 bridgehead atoms. The van der Waals surface area contributed by atoms with Gasteiger partial charge in [0.25, 0.3) is 0 Å². The molecule has 0 atom stereocenters. The molecular weight excluding hydrogens is 256 g/mol. The van der Waals surface area contributed by atoms with E-state index in [0.29, 0.717) is 13.0 Å². The van der Waals surface area contributed by atoms with Crippen LogP contribution in [0.2, 0.25) is 0 Å². The summed E-state index contributed by atoms with van der Waals surface area (Å²) < 4.78 is 0. The van der Waals surface area contributed by atoms with Gasteiger partial charge in [0.1, 0.15) is 0 Å². The fourth-order valence-electron chi connectivity index (χ4n) is 1.57. The average Bonchev–Trinajstić information content (AvgIpc) is 2.41. The summed E-state index contributed by atoms with van der Waals surface area (Å²) in [5, 5.41) is 11.1. The molecule has 108 valence electrons. The number of benzene rings is 1. The lowest BCUT2D eigenvalue weighted by molar-refractivity contribution is -0.137. The van der Waals surface area contributed by atoms with E-state index < -0.39 is 5.97 Å². The van der Waals surface area contributed by atoms with Gasteiger partial charge in [-0.05, 0) is 30.2 Å². The van der Waals surface area contributed by atoms with Crippen LogP contribution in [0.15, 0.2) is 30.3 Å². The molecule has 20 heavy (non-hydrogen) atoms. The Morgan fingerprint density at radius 1 is 1.25 bits per heavy atom. The molecule has 0 heterocycles. The third-order valence-electron chi connectivity index (χ3n) is 2.70. The molecule has 1 rings (SSSR count). The van der Waals surface area contributed by atoms with Crippen molar-refractivity contribution in [1.29, 1.82) is 0 Å². The van der Waals surface area contributed by atoms with E-state index in [4.69, 9.17) is 5.11 Å². The van der Waals surface area contributed by atoms with Crippen LogP contribution in [-0.4, -0.2) is 37.6 Å². The highest BCUT2D eigenvalue weighted by Gasteiger charge is 1.99. The van der Waals surface area contributed by atoms with Crippen molar-refractivity contribution in [2.75, 3.05) is 25.5 Å². The average molecular weight is 276 g/mol. The first-order valence-electron chi connectivity index (χ1n) is 6.44. The van der Waals surface area contributed by atoms with Crippen LogP contribution in [0.5, 0.6) is 0 Å². The van der Waals surface area contributed by atoms with Crippen molar-refractivity contribution in [3.05, 3.63) is 35.9 Å². The molecule has 0 saturated carbocycles. The van der Waals surface area contributed by atoms with Crippen LogP contribution in [0, 0.1) is 0 Å². The Hall–Kier alpha value is -2.30. The standard InChI is InChI=1S/C15H20N2O3/c1-17(2)13-8-5-12(6-9-13)7-10-14(18)16-11-3-4-15(19)20/h5-10H,3-4,11H2,1-2H3,(H,16,18)(H,19,20)/b10-7+. The maximum Gasteiger partial charge on any atom is 0.303 e. The maximum atomic E-state index is 11.5. The van der Waals surface area contributed by atoms with E-state index in [1.54, 1.807) is 6.08 Å². The Bertz CT molecular complexity index is 478. The number of carboxylic acid groups (broad SMARTS) is 1. The summed E-state index contributed by atoms with van der Waals surface area (Å²) in [5.74, 6) is -1.07. The van der Waals surface area contributed by atoms with Crippen molar-refractivity contribution in [1.82, 2.24) is 5.32 Å². The Balaban J connectivity index is 2.39. The van der Waals surface area contributed by atoms with E-state index in [9.17, 15) is 9.59 Å². The first-order chi connectivity index (χ1) is 9.49. The van der Waals surface area contributed by atoms with E-state index in [2.05, 4.69) is 5.32 Å². The molecule has 0 spiro atoms. The van der Waals surface area contributed by atoms with Crippen LogP contribution in [-0.2, 0) is 9.59 Å². The third kappa shape index (κ3) is 6.04. The number of anilines is 1. The molecule has 5 nitrogen and oxygen atoms in total. The van der Waals surface area contributed by atoms with E-state index >= 15 is 0 Å². The minimum Gasteiger partial charge on any atom is -0.481 e. The van der Waals surface area contributed by atoms with Crippen molar-refractivity contribution in [3.63, 3.8) is 0 Å². The summed E-state index contributed by atoms with van der Waals surface area (Å²) in [5.41, 5.74) is 2.04. The highest BCUT2D eigenvalue weighted by atomic mass is 16.4. The van der Waals surface area contributed by atoms with E-state index in [1.165, 1.54) is 6.08 Å². The Labute approximate surface area is 118 Å². The number of aliphatic carboxylic acids is 1. The fraction of sp³-hybridized carbons (Fsp3) is 0.333. The molecule has 0 saturated heterocycles. The highest BCUT2D eigenvalue weighted by molar-refractivity contribution is 5.91. The zero-order valence-electron chi connectivity index (χ0n) is 11.8. The normalized spacial score (nSPS) is 10.5. The van der Waals surface area contributed by atoms with E-state index in [-0.39, 0.29) is 12.3 Å². The number of hydrogen-bond acceptors (Lipinski definition) is 3. The van der Waals surface area contributed by atoms with Gasteiger partial charge in [-0.15, -0.1) is 0 Å². The number of carboxylic acids is 1. The first-order valence-corrected chi connectivity index (χ1v) is 6.44. The lowest BCUT2D eigenvalue weighted by Gasteiger charge is -2.11.